The minimum atomic E-state index is -3.04. The van der Waals surface area contributed by atoms with Crippen molar-refractivity contribution in [2.24, 2.45) is 0 Å². The first kappa shape index (κ1) is 16.7. The van der Waals surface area contributed by atoms with Crippen molar-refractivity contribution in [3.05, 3.63) is 23.9 Å². The van der Waals surface area contributed by atoms with Crippen molar-refractivity contribution in [2.75, 3.05) is 49.9 Å². The van der Waals surface area contributed by atoms with E-state index in [1.165, 1.54) is 18.4 Å². The molecule has 0 amide bonds. The maximum absolute atomic E-state index is 11.9. The fourth-order valence-electron chi connectivity index (χ4n) is 3.25. The number of nitrogens with zero attached hydrogens (tertiary/aromatic N) is 4. The molecular weight excluding hydrogens is 312 g/mol. The molecule has 0 N–H and O–H groups in total. The Morgan fingerprint density at radius 1 is 1.04 bits per heavy atom. The zero-order valence-electron chi connectivity index (χ0n) is 13.8. The number of hydrogen-bond donors (Lipinski definition) is 0. The first-order valence-corrected chi connectivity index (χ1v) is 10.1. The molecule has 0 radical (unpaired) electrons. The molecule has 0 unspecified atom stereocenters. The van der Waals surface area contributed by atoms with Gasteiger partial charge in [-0.3, -0.25) is 4.90 Å². The Morgan fingerprint density at radius 2 is 1.74 bits per heavy atom. The Labute approximate surface area is 139 Å². The predicted octanol–water partition coefficient (Wildman–Crippen LogP) is 1.15. The highest BCUT2D eigenvalue weighted by Gasteiger charge is 2.25. The molecule has 3 rings (SSSR count). The van der Waals surface area contributed by atoms with E-state index < -0.39 is 10.0 Å². The van der Waals surface area contributed by atoms with Crippen LogP contribution in [0.2, 0.25) is 0 Å². The van der Waals surface area contributed by atoms with Crippen molar-refractivity contribution in [2.45, 2.75) is 26.3 Å². The zero-order chi connectivity index (χ0) is 16.3. The highest BCUT2D eigenvalue weighted by Crippen LogP contribution is 2.18. The van der Waals surface area contributed by atoms with Crippen LogP contribution in [0.4, 0.5) is 5.82 Å². The summed E-state index contributed by atoms with van der Waals surface area (Å²) in [4.78, 5) is 9.22. The van der Waals surface area contributed by atoms with Gasteiger partial charge >= 0.3 is 0 Å². The van der Waals surface area contributed by atoms with Gasteiger partial charge in [-0.1, -0.05) is 6.07 Å². The highest BCUT2D eigenvalue weighted by molar-refractivity contribution is 7.89. The molecule has 0 bridgehead atoms. The van der Waals surface area contributed by atoms with Crippen LogP contribution in [-0.2, 0) is 16.6 Å². The van der Waals surface area contributed by atoms with Crippen molar-refractivity contribution >= 4 is 15.8 Å². The van der Waals surface area contributed by atoms with Crippen LogP contribution in [0.1, 0.15) is 25.3 Å². The van der Waals surface area contributed by atoms with Gasteiger partial charge in [0, 0.05) is 52.0 Å². The Balaban J connectivity index is 1.52. The Morgan fingerprint density at radius 3 is 2.30 bits per heavy atom. The van der Waals surface area contributed by atoms with Crippen LogP contribution in [0.25, 0.3) is 0 Å². The summed E-state index contributed by atoms with van der Waals surface area (Å²) < 4.78 is 25.4. The normalized spacial score (nSPS) is 21.0. The number of sulfonamides is 1. The summed E-state index contributed by atoms with van der Waals surface area (Å²) in [7, 11) is -3.04. The lowest BCUT2D eigenvalue weighted by molar-refractivity contribution is 0.181. The molecule has 2 aliphatic heterocycles. The van der Waals surface area contributed by atoms with Crippen LogP contribution in [0.3, 0.4) is 0 Å². The molecule has 128 valence electrons. The van der Waals surface area contributed by atoms with Crippen molar-refractivity contribution in [1.29, 1.82) is 0 Å². The third-order valence-electron chi connectivity index (χ3n) is 4.73. The minimum Gasteiger partial charge on any atom is -0.357 e. The van der Waals surface area contributed by atoms with Gasteiger partial charge in [0.25, 0.3) is 0 Å². The van der Waals surface area contributed by atoms with Gasteiger partial charge in [0.1, 0.15) is 5.82 Å². The van der Waals surface area contributed by atoms with Crippen LogP contribution in [0, 0.1) is 0 Å². The van der Waals surface area contributed by atoms with Gasteiger partial charge in [-0.2, -0.15) is 4.31 Å². The van der Waals surface area contributed by atoms with E-state index in [4.69, 9.17) is 0 Å². The molecule has 2 aliphatic rings. The smallest absolute Gasteiger partial charge is 0.213 e. The maximum atomic E-state index is 11.9. The first-order valence-electron chi connectivity index (χ1n) is 8.48. The second-order valence-electron chi connectivity index (χ2n) is 6.29. The molecule has 1 aromatic heterocycles. The van der Waals surface area contributed by atoms with E-state index in [0.29, 0.717) is 13.1 Å². The van der Waals surface area contributed by atoms with Crippen LogP contribution in [0.5, 0.6) is 0 Å². The fourth-order valence-corrected chi connectivity index (χ4v) is 4.33. The number of rotatable bonds is 5. The summed E-state index contributed by atoms with van der Waals surface area (Å²) in [5.74, 6) is 1.26. The number of piperazine rings is 1. The number of anilines is 1. The minimum absolute atomic E-state index is 0.189. The molecule has 0 saturated carbocycles. The molecule has 7 heteroatoms. The van der Waals surface area contributed by atoms with E-state index in [0.717, 1.165) is 38.5 Å². The van der Waals surface area contributed by atoms with E-state index in [1.54, 1.807) is 11.2 Å². The van der Waals surface area contributed by atoms with Gasteiger partial charge in [-0.05, 0) is 31.4 Å². The summed E-state index contributed by atoms with van der Waals surface area (Å²) in [6.45, 7) is 7.52. The molecule has 2 fully saturated rings. The Kier molecular flexibility index (Phi) is 5.18. The largest absolute Gasteiger partial charge is 0.357 e. The van der Waals surface area contributed by atoms with E-state index >= 15 is 0 Å². The van der Waals surface area contributed by atoms with E-state index in [-0.39, 0.29) is 5.75 Å². The fraction of sp³-hybridized carbons (Fsp3) is 0.688. The van der Waals surface area contributed by atoms with Gasteiger partial charge in [-0.25, -0.2) is 13.4 Å². The summed E-state index contributed by atoms with van der Waals surface area (Å²) in [5, 5.41) is 0. The predicted molar refractivity (Wildman–Crippen MR) is 92.0 cm³/mol. The molecule has 0 spiro atoms. The van der Waals surface area contributed by atoms with Crippen LogP contribution < -0.4 is 4.90 Å². The van der Waals surface area contributed by atoms with Gasteiger partial charge in [0.15, 0.2) is 0 Å². The standard InChI is InChI=1S/C16H26N4O2S/c1-2-23(21,22)20-11-9-18(10-12-20)14-15-5-6-16(17-13-15)19-7-3-4-8-19/h5-6,13H,2-4,7-12,14H2,1H3. The Bertz CT molecular complexity index is 603. The second-order valence-corrected chi connectivity index (χ2v) is 8.55. The van der Waals surface area contributed by atoms with Gasteiger partial charge in [0.05, 0.1) is 5.75 Å². The molecule has 0 aliphatic carbocycles. The van der Waals surface area contributed by atoms with Gasteiger partial charge in [0.2, 0.25) is 10.0 Å². The molecule has 2 saturated heterocycles. The molecule has 3 heterocycles. The summed E-state index contributed by atoms with van der Waals surface area (Å²) in [5.41, 5.74) is 1.19. The third-order valence-corrected chi connectivity index (χ3v) is 6.62. The number of aromatic nitrogens is 1. The zero-order valence-corrected chi connectivity index (χ0v) is 14.6. The van der Waals surface area contributed by atoms with Crippen LogP contribution >= 0.6 is 0 Å². The molecule has 1 aromatic rings. The first-order chi connectivity index (χ1) is 11.1. The SMILES string of the molecule is CCS(=O)(=O)N1CCN(Cc2ccc(N3CCCC3)nc2)CC1. The van der Waals surface area contributed by atoms with Gasteiger partial charge < -0.3 is 4.90 Å². The third kappa shape index (κ3) is 4.02. The molecular formula is C16H26N4O2S. The van der Waals surface area contributed by atoms with Crippen molar-refractivity contribution in [1.82, 2.24) is 14.2 Å². The molecule has 0 aromatic carbocycles. The number of pyridine rings is 1. The molecule has 6 nitrogen and oxygen atoms in total. The summed E-state index contributed by atoms with van der Waals surface area (Å²) in [6.07, 6.45) is 4.48. The van der Waals surface area contributed by atoms with Crippen LogP contribution in [-0.4, -0.2) is 67.6 Å². The lowest BCUT2D eigenvalue weighted by Crippen LogP contribution is -2.48. The van der Waals surface area contributed by atoms with Gasteiger partial charge in [-0.15, -0.1) is 0 Å². The monoisotopic (exact) mass is 338 g/mol. The van der Waals surface area contributed by atoms with Crippen molar-refractivity contribution in [3.8, 4) is 0 Å². The van der Waals surface area contributed by atoms with E-state index in [9.17, 15) is 8.42 Å². The number of hydrogen-bond acceptors (Lipinski definition) is 5. The topological polar surface area (TPSA) is 56.8 Å². The Hall–Kier alpha value is -1.18. The average Bonchev–Trinajstić information content (AvgIpc) is 3.11. The van der Waals surface area contributed by atoms with E-state index in [1.807, 2.05) is 6.20 Å². The summed E-state index contributed by atoms with van der Waals surface area (Å²) in [6, 6.07) is 4.26. The van der Waals surface area contributed by atoms with Crippen molar-refractivity contribution < 1.29 is 8.42 Å². The second kappa shape index (κ2) is 7.15. The van der Waals surface area contributed by atoms with Crippen LogP contribution in [0.15, 0.2) is 18.3 Å². The average molecular weight is 338 g/mol. The van der Waals surface area contributed by atoms with E-state index in [2.05, 4.69) is 26.9 Å². The summed E-state index contributed by atoms with van der Waals surface area (Å²) >= 11 is 0. The molecule has 0 atom stereocenters. The lowest BCUT2D eigenvalue weighted by atomic mass is 10.2. The quantitative estimate of drug-likeness (QED) is 0.806. The molecule has 23 heavy (non-hydrogen) atoms. The highest BCUT2D eigenvalue weighted by atomic mass is 32.2. The maximum Gasteiger partial charge on any atom is 0.213 e. The lowest BCUT2D eigenvalue weighted by Gasteiger charge is -2.33. The van der Waals surface area contributed by atoms with Crippen molar-refractivity contribution in [3.63, 3.8) is 0 Å².